The summed E-state index contributed by atoms with van der Waals surface area (Å²) in [5.41, 5.74) is 1.07. The molecule has 4 nitrogen and oxygen atoms in total. The van der Waals surface area contributed by atoms with E-state index in [0.29, 0.717) is 19.2 Å². The number of hydrogen-bond donors (Lipinski definition) is 1. The van der Waals surface area contributed by atoms with Crippen molar-refractivity contribution in [1.82, 2.24) is 9.88 Å². The molecule has 0 saturated carbocycles. The van der Waals surface area contributed by atoms with E-state index in [1.165, 1.54) is 4.70 Å². The minimum atomic E-state index is -0.520. The quantitative estimate of drug-likeness (QED) is 0.616. The van der Waals surface area contributed by atoms with Crippen LogP contribution in [0.25, 0.3) is 10.2 Å². The van der Waals surface area contributed by atoms with Gasteiger partial charge in [-0.1, -0.05) is 28.1 Å². The van der Waals surface area contributed by atoms with Crippen LogP contribution >= 0.6 is 27.3 Å². The van der Waals surface area contributed by atoms with Crippen molar-refractivity contribution in [3.05, 3.63) is 58.0 Å². The van der Waals surface area contributed by atoms with Gasteiger partial charge in [-0.3, -0.25) is 4.90 Å². The van der Waals surface area contributed by atoms with Crippen LogP contribution in [0.15, 0.2) is 53.0 Å². The minimum absolute atomic E-state index is 0.296. The number of aromatic nitrogens is 1. The highest BCUT2D eigenvalue weighted by Gasteiger charge is 2.30. The van der Waals surface area contributed by atoms with Crippen LogP contribution in [0.5, 0.6) is 5.75 Å². The second kappa shape index (κ2) is 8.05. The zero-order valence-corrected chi connectivity index (χ0v) is 16.7. The normalized spacial score (nSPS) is 19.1. The van der Waals surface area contributed by atoms with Crippen molar-refractivity contribution in [2.45, 2.75) is 25.0 Å². The van der Waals surface area contributed by atoms with Crippen LogP contribution in [-0.2, 0) is 0 Å². The summed E-state index contributed by atoms with van der Waals surface area (Å²) in [5, 5.41) is 11.6. The number of benzene rings is 2. The fourth-order valence-electron chi connectivity index (χ4n) is 3.40. The number of β-amino-alcohol motifs (C(OH)–C–C–N with tert-alkyl or cyclic N) is 1. The molecule has 2 aromatic carbocycles. The fraction of sp³-hybridized carbons (Fsp3) is 0.350. The summed E-state index contributed by atoms with van der Waals surface area (Å²) in [6.07, 6.45) is 1.72. The van der Waals surface area contributed by atoms with Gasteiger partial charge in [-0.05, 0) is 55.8 Å². The molecule has 2 unspecified atom stereocenters. The summed E-state index contributed by atoms with van der Waals surface area (Å²) in [5.74, 6) is 0.774. The third-order valence-corrected chi connectivity index (χ3v) is 6.33. The van der Waals surface area contributed by atoms with E-state index in [0.717, 1.165) is 40.1 Å². The molecule has 1 fully saturated rings. The number of aliphatic hydroxyl groups is 1. The van der Waals surface area contributed by atoms with E-state index >= 15 is 0 Å². The van der Waals surface area contributed by atoms with Gasteiger partial charge in [0.2, 0.25) is 0 Å². The third-order valence-electron chi connectivity index (χ3n) is 4.66. The molecule has 136 valence electrons. The summed E-state index contributed by atoms with van der Waals surface area (Å²) >= 11 is 5.18. The Kier molecular flexibility index (Phi) is 5.55. The first-order valence-corrected chi connectivity index (χ1v) is 10.5. The minimum Gasteiger partial charge on any atom is -0.491 e. The van der Waals surface area contributed by atoms with Crippen molar-refractivity contribution in [3.8, 4) is 5.75 Å². The Morgan fingerprint density at radius 1 is 1.23 bits per heavy atom. The average molecular weight is 433 g/mol. The molecular formula is C20H21BrN2O2S. The first-order valence-electron chi connectivity index (χ1n) is 8.85. The van der Waals surface area contributed by atoms with E-state index in [-0.39, 0.29) is 0 Å². The monoisotopic (exact) mass is 432 g/mol. The Morgan fingerprint density at radius 2 is 2.04 bits per heavy atom. The molecule has 6 heteroatoms. The van der Waals surface area contributed by atoms with Gasteiger partial charge in [0, 0.05) is 11.0 Å². The molecule has 4 rings (SSSR count). The number of hydrogen-bond acceptors (Lipinski definition) is 5. The molecule has 1 N–H and O–H groups in total. The molecule has 1 saturated heterocycles. The number of para-hydroxylation sites is 1. The first-order chi connectivity index (χ1) is 12.7. The van der Waals surface area contributed by atoms with E-state index in [1.807, 2.05) is 30.3 Å². The molecule has 1 aliphatic heterocycles. The summed E-state index contributed by atoms with van der Waals surface area (Å²) in [7, 11) is 0. The van der Waals surface area contributed by atoms with Crippen LogP contribution < -0.4 is 4.74 Å². The van der Waals surface area contributed by atoms with Crippen molar-refractivity contribution in [3.63, 3.8) is 0 Å². The number of halogens is 1. The van der Waals surface area contributed by atoms with Crippen molar-refractivity contribution >= 4 is 37.5 Å². The van der Waals surface area contributed by atoms with E-state index in [9.17, 15) is 5.11 Å². The summed E-state index contributed by atoms with van der Waals surface area (Å²) in [6.45, 7) is 1.90. The maximum atomic E-state index is 10.4. The molecule has 26 heavy (non-hydrogen) atoms. The fourth-order valence-corrected chi connectivity index (χ4v) is 4.80. The zero-order chi connectivity index (χ0) is 17.9. The molecular weight excluding hydrogens is 412 g/mol. The third kappa shape index (κ3) is 4.09. The lowest BCUT2D eigenvalue weighted by Gasteiger charge is -2.25. The molecule has 0 bridgehead atoms. The number of nitrogens with zero attached hydrogens (tertiary/aromatic N) is 2. The summed E-state index contributed by atoms with van der Waals surface area (Å²) in [4.78, 5) is 7.15. The lowest BCUT2D eigenvalue weighted by atomic mass is 10.2. The molecule has 0 aliphatic carbocycles. The largest absolute Gasteiger partial charge is 0.491 e. The average Bonchev–Trinajstić information content (AvgIpc) is 3.27. The Hall–Kier alpha value is -1.47. The summed E-state index contributed by atoms with van der Waals surface area (Å²) in [6, 6.07) is 16.2. The SMILES string of the molecule is OC(COc1ccc(Br)cc1)CN1CCCC1c1nc2ccccc2s1. The maximum Gasteiger partial charge on any atom is 0.119 e. The van der Waals surface area contributed by atoms with Crippen molar-refractivity contribution in [1.29, 1.82) is 0 Å². The molecule has 0 radical (unpaired) electrons. The lowest BCUT2D eigenvalue weighted by Crippen LogP contribution is -2.35. The van der Waals surface area contributed by atoms with Crippen LogP contribution in [0.4, 0.5) is 0 Å². The molecule has 0 amide bonds. The highest BCUT2D eigenvalue weighted by molar-refractivity contribution is 9.10. The highest BCUT2D eigenvalue weighted by Crippen LogP contribution is 2.36. The standard InChI is InChI=1S/C20H21BrN2O2S/c21-14-7-9-16(10-8-14)25-13-15(24)12-23-11-3-5-18(23)20-22-17-4-1-2-6-19(17)26-20/h1-2,4,6-10,15,18,24H,3,5,11-13H2. The molecule has 3 aromatic rings. The number of rotatable bonds is 6. The van der Waals surface area contributed by atoms with Crippen molar-refractivity contribution < 1.29 is 9.84 Å². The lowest BCUT2D eigenvalue weighted by molar-refractivity contribution is 0.0638. The predicted molar refractivity (Wildman–Crippen MR) is 109 cm³/mol. The maximum absolute atomic E-state index is 10.4. The predicted octanol–water partition coefficient (Wildman–Crippen LogP) is 4.64. The van der Waals surface area contributed by atoms with E-state index in [4.69, 9.17) is 9.72 Å². The van der Waals surface area contributed by atoms with Gasteiger partial charge in [0.1, 0.15) is 23.5 Å². The van der Waals surface area contributed by atoms with Crippen LogP contribution in [0.2, 0.25) is 0 Å². The van der Waals surface area contributed by atoms with Crippen LogP contribution in [0.1, 0.15) is 23.9 Å². The molecule has 2 atom stereocenters. The Balaban J connectivity index is 1.37. The smallest absolute Gasteiger partial charge is 0.119 e. The van der Waals surface area contributed by atoms with Gasteiger partial charge < -0.3 is 9.84 Å². The Bertz CT molecular complexity index is 835. The van der Waals surface area contributed by atoms with Crippen LogP contribution in [-0.4, -0.2) is 40.8 Å². The van der Waals surface area contributed by atoms with Gasteiger partial charge in [0.25, 0.3) is 0 Å². The number of likely N-dealkylation sites (tertiary alicyclic amines) is 1. The van der Waals surface area contributed by atoms with Crippen molar-refractivity contribution in [2.24, 2.45) is 0 Å². The number of ether oxygens (including phenoxy) is 1. The van der Waals surface area contributed by atoms with E-state index < -0.39 is 6.10 Å². The first kappa shape index (κ1) is 17.9. The highest BCUT2D eigenvalue weighted by atomic mass is 79.9. The second-order valence-electron chi connectivity index (χ2n) is 6.59. The van der Waals surface area contributed by atoms with Gasteiger partial charge in [-0.15, -0.1) is 11.3 Å². The Labute approximate surface area is 165 Å². The summed E-state index contributed by atoms with van der Waals surface area (Å²) < 4.78 is 7.96. The molecule has 0 spiro atoms. The van der Waals surface area contributed by atoms with Gasteiger partial charge >= 0.3 is 0 Å². The number of fused-ring (bicyclic) bond motifs is 1. The van der Waals surface area contributed by atoms with Gasteiger partial charge in [-0.2, -0.15) is 0 Å². The Morgan fingerprint density at radius 3 is 2.85 bits per heavy atom. The van der Waals surface area contributed by atoms with E-state index in [2.05, 4.69) is 39.0 Å². The van der Waals surface area contributed by atoms with Crippen LogP contribution in [0.3, 0.4) is 0 Å². The van der Waals surface area contributed by atoms with Gasteiger partial charge in [-0.25, -0.2) is 4.98 Å². The van der Waals surface area contributed by atoms with E-state index in [1.54, 1.807) is 11.3 Å². The zero-order valence-electron chi connectivity index (χ0n) is 14.3. The molecule has 1 aliphatic rings. The molecule has 1 aromatic heterocycles. The van der Waals surface area contributed by atoms with Crippen LogP contribution in [0, 0.1) is 0 Å². The van der Waals surface area contributed by atoms with Gasteiger partial charge in [0.15, 0.2) is 0 Å². The number of aliphatic hydroxyl groups excluding tert-OH is 1. The second-order valence-corrected chi connectivity index (χ2v) is 8.57. The topological polar surface area (TPSA) is 45.6 Å². The van der Waals surface area contributed by atoms with Crippen molar-refractivity contribution in [2.75, 3.05) is 19.7 Å². The number of thiazole rings is 1. The van der Waals surface area contributed by atoms with Gasteiger partial charge in [0.05, 0.1) is 16.3 Å². The molecule has 2 heterocycles.